The van der Waals surface area contributed by atoms with E-state index < -0.39 is 17.7 Å². The number of benzene rings is 2. The van der Waals surface area contributed by atoms with Crippen molar-refractivity contribution >= 4 is 23.1 Å². The van der Waals surface area contributed by atoms with Crippen molar-refractivity contribution in [3.05, 3.63) is 95.3 Å². The lowest BCUT2D eigenvalue weighted by molar-refractivity contribution is -0.132. The molecule has 158 valence electrons. The summed E-state index contributed by atoms with van der Waals surface area (Å²) < 4.78 is 5.50. The molecule has 7 nitrogen and oxygen atoms in total. The Kier molecular flexibility index (Phi) is 5.69. The van der Waals surface area contributed by atoms with E-state index in [4.69, 9.17) is 10.00 Å². The second-order valence-corrected chi connectivity index (χ2v) is 7.04. The minimum Gasteiger partial charge on any atom is -0.507 e. The molecular formula is C25H19N3O4. The summed E-state index contributed by atoms with van der Waals surface area (Å²) in [6, 6.07) is 19.3. The highest BCUT2D eigenvalue weighted by Crippen LogP contribution is 2.41. The maximum atomic E-state index is 13.1. The number of pyridine rings is 1. The van der Waals surface area contributed by atoms with Gasteiger partial charge in [-0.1, -0.05) is 18.2 Å². The van der Waals surface area contributed by atoms with E-state index >= 15 is 0 Å². The summed E-state index contributed by atoms with van der Waals surface area (Å²) in [6.45, 7) is 2.29. The number of ketones is 1. The van der Waals surface area contributed by atoms with Gasteiger partial charge in [0.15, 0.2) is 0 Å². The largest absolute Gasteiger partial charge is 0.507 e. The lowest BCUT2D eigenvalue weighted by atomic mass is 9.98. The van der Waals surface area contributed by atoms with E-state index in [0.29, 0.717) is 34.9 Å². The lowest BCUT2D eigenvalue weighted by Gasteiger charge is -2.24. The highest BCUT2D eigenvalue weighted by atomic mass is 16.5. The number of carbonyl (C=O) groups is 2. The van der Waals surface area contributed by atoms with Gasteiger partial charge in [0.1, 0.15) is 17.6 Å². The Morgan fingerprint density at radius 1 is 1.12 bits per heavy atom. The molecular weight excluding hydrogens is 406 g/mol. The Hall–Kier alpha value is -4.44. The van der Waals surface area contributed by atoms with Gasteiger partial charge in [-0.05, 0) is 55.5 Å². The molecule has 1 aliphatic heterocycles. The number of anilines is 1. The molecule has 1 amide bonds. The standard InChI is InChI=1S/C25H19N3O4/c1-2-32-19-7-5-6-17(14-19)23(29)21-22(20-8-3-4-13-27-20)28(25(31)24(21)30)18-11-9-16(15-26)10-12-18/h3-14,22,29H,2H2,1H3/b23-21-. The average Bonchev–Trinajstić information content (AvgIpc) is 3.10. The molecule has 0 radical (unpaired) electrons. The molecule has 4 rings (SSSR count). The third-order valence-corrected chi connectivity index (χ3v) is 5.11. The van der Waals surface area contributed by atoms with Crippen molar-refractivity contribution in [2.24, 2.45) is 0 Å². The van der Waals surface area contributed by atoms with E-state index in [1.54, 1.807) is 72.9 Å². The van der Waals surface area contributed by atoms with Gasteiger partial charge in [0.05, 0.1) is 29.5 Å². The number of hydrogen-bond acceptors (Lipinski definition) is 6. The molecule has 0 saturated carbocycles. The van der Waals surface area contributed by atoms with Gasteiger partial charge in [0.2, 0.25) is 0 Å². The average molecular weight is 425 g/mol. The van der Waals surface area contributed by atoms with Gasteiger partial charge in [-0.15, -0.1) is 0 Å². The SMILES string of the molecule is CCOc1cccc(/C(O)=C2/C(=O)C(=O)N(c3ccc(C#N)cc3)C2c2ccccn2)c1. The topological polar surface area (TPSA) is 104 Å². The Labute approximate surface area is 184 Å². The Balaban J connectivity index is 1.90. The second kappa shape index (κ2) is 8.74. The van der Waals surface area contributed by atoms with Crippen LogP contribution in [0.1, 0.15) is 29.8 Å². The van der Waals surface area contributed by atoms with E-state index in [2.05, 4.69) is 4.98 Å². The number of hydrogen-bond donors (Lipinski definition) is 1. The van der Waals surface area contributed by atoms with Crippen LogP contribution in [-0.2, 0) is 9.59 Å². The molecule has 0 spiro atoms. The first-order chi connectivity index (χ1) is 15.5. The zero-order valence-corrected chi connectivity index (χ0v) is 17.2. The number of aromatic nitrogens is 1. The minimum absolute atomic E-state index is 0.0632. The summed E-state index contributed by atoms with van der Waals surface area (Å²) >= 11 is 0. The van der Waals surface area contributed by atoms with Crippen LogP contribution in [-0.4, -0.2) is 28.4 Å². The van der Waals surface area contributed by atoms with Crippen molar-refractivity contribution in [1.82, 2.24) is 4.98 Å². The Morgan fingerprint density at radius 2 is 1.91 bits per heavy atom. The minimum atomic E-state index is -0.931. The Morgan fingerprint density at radius 3 is 2.56 bits per heavy atom. The van der Waals surface area contributed by atoms with E-state index in [-0.39, 0.29) is 11.3 Å². The van der Waals surface area contributed by atoms with Crippen LogP contribution in [0.2, 0.25) is 0 Å². The van der Waals surface area contributed by atoms with Crippen molar-refractivity contribution in [2.75, 3.05) is 11.5 Å². The van der Waals surface area contributed by atoms with Crippen LogP contribution in [0.15, 0.2) is 78.5 Å². The lowest BCUT2D eigenvalue weighted by Crippen LogP contribution is -2.29. The number of nitrogens with zero attached hydrogens (tertiary/aromatic N) is 3. The molecule has 2 heterocycles. The number of carbonyl (C=O) groups excluding carboxylic acids is 2. The molecule has 1 aliphatic rings. The summed E-state index contributed by atoms with van der Waals surface area (Å²) in [7, 11) is 0. The fourth-order valence-electron chi connectivity index (χ4n) is 3.67. The van der Waals surface area contributed by atoms with Gasteiger partial charge in [-0.25, -0.2) is 0 Å². The van der Waals surface area contributed by atoms with Crippen LogP contribution in [0, 0.1) is 11.3 Å². The summed E-state index contributed by atoms with van der Waals surface area (Å²) in [6.07, 6.45) is 1.56. The fourth-order valence-corrected chi connectivity index (χ4v) is 3.67. The van der Waals surface area contributed by atoms with Crippen LogP contribution in [0.3, 0.4) is 0 Å². The quantitative estimate of drug-likeness (QED) is 0.377. The monoisotopic (exact) mass is 425 g/mol. The predicted molar refractivity (Wildman–Crippen MR) is 118 cm³/mol. The van der Waals surface area contributed by atoms with E-state index in [1.165, 1.54) is 4.90 Å². The Bertz CT molecular complexity index is 1240. The molecule has 1 N–H and O–H groups in total. The third-order valence-electron chi connectivity index (χ3n) is 5.11. The molecule has 2 aromatic carbocycles. The highest BCUT2D eigenvalue weighted by Gasteiger charge is 2.47. The predicted octanol–water partition coefficient (Wildman–Crippen LogP) is 3.98. The maximum Gasteiger partial charge on any atom is 0.300 e. The highest BCUT2D eigenvalue weighted by molar-refractivity contribution is 6.51. The van der Waals surface area contributed by atoms with Crippen molar-refractivity contribution in [3.63, 3.8) is 0 Å². The summed E-state index contributed by atoms with van der Waals surface area (Å²) in [5.74, 6) is -1.37. The van der Waals surface area contributed by atoms with Crippen molar-refractivity contribution in [2.45, 2.75) is 13.0 Å². The first kappa shape index (κ1) is 20.8. The first-order valence-corrected chi connectivity index (χ1v) is 10.0. The maximum absolute atomic E-state index is 13.1. The molecule has 1 saturated heterocycles. The number of nitriles is 1. The smallest absolute Gasteiger partial charge is 0.300 e. The van der Waals surface area contributed by atoms with Gasteiger partial charge >= 0.3 is 0 Å². The molecule has 1 atom stereocenters. The van der Waals surface area contributed by atoms with Crippen LogP contribution < -0.4 is 9.64 Å². The number of amides is 1. The van der Waals surface area contributed by atoms with Crippen molar-refractivity contribution in [3.8, 4) is 11.8 Å². The van der Waals surface area contributed by atoms with Gasteiger partial charge < -0.3 is 9.84 Å². The fraction of sp³-hybridized carbons (Fsp3) is 0.120. The van der Waals surface area contributed by atoms with Gasteiger partial charge in [-0.2, -0.15) is 5.26 Å². The molecule has 0 aliphatic carbocycles. The summed E-state index contributed by atoms with van der Waals surface area (Å²) in [4.78, 5) is 31.8. The first-order valence-electron chi connectivity index (χ1n) is 10.0. The van der Waals surface area contributed by atoms with Gasteiger partial charge in [-0.3, -0.25) is 19.5 Å². The number of ether oxygens (including phenoxy) is 1. The summed E-state index contributed by atoms with van der Waals surface area (Å²) in [5.41, 5.74) is 1.57. The number of Topliss-reactive ketones (excluding diaryl/α,β-unsaturated/α-hetero) is 1. The van der Waals surface area contributed by atoms with E-state index in [1.807, 2.05) is 13.0 Å². The van der Waals surface area contributed by atoms with Crippen molar-refractivity contribution in [1.29, 1.82) is 5.26 Å². The number of aliphatic hydroxyl groups excluding tert-OH is 1. The van der Waals surface area contributed by atoms with Crippen LogP contribution >= 0.6 is 0 Å². The van der Waals surface area contributed by atoms with Crippen molar-refractivity contribution < 1.29 is 19.4 Å². The van der Waals surface area contributed by atoms with Gasteiger partial charge in [0.25, 0.3) is 11.7 Å². The molecule has 32 heavy (non-hydrogen) atoms. The van der Waals surface area contributed by atoms with Gasteiger partial charge in [0, 0.05) is 17.4 Å². The van der Waals surface area contributed by atoms with E-state index in [0.717, 1.165) is 0 Å². The molecule has 1 fully saturated rings. The second-order valence-electron chi connectivity index (χ2n) is 7.04. The van der Waals surface area contributed by atoms with E-state index in [9.17, 15) is 14.7 Å². The van der Waals surface area contributed by atoms with Crippen LogP contribution in [0.25, 0.3) is 5.76 Å². The normalized spacial score (nSPS) is 17.2. The zero-order valence-electron chi connectivity index (χ0n) is 17.2. The molecule has 3 aromatic rings. The molecule has 7 heteroatoms. The summed E-state index contributed by atoms with van der Waals surface area (Å²) in [5, 5.41) is 20.2. The van der Waals surface area contributed by atoms with Crippen LogP contribution in [0.5, 0.6) is 5.75 Å². The van der Waals surface area contributed by atoms with Crippen LogP contribution in [0.4, 0.5) is 5.69 Å². The molecule has 0 bridgehead atoms. The zero-order chi connectivity index (χ0) is 22.7. The molecule has 1 aromatic heterocycles. The number of rotatable bonds is 5. The third kappa shape index (κ3) is 3.70. The number of aliphatic hydroxyl groups is 1. The molecule has 1 unspecified atom stereocenters.